The highest BCUT2D eigenvalue weighted by Crippen LogP contribution is 2.29. The molecule has 2 atom stereocenters. The van der Waals surface area contributed by atoms with Gasteiger partial charge < -0.3 is 24.8 Å². The first kappa shape index (κ1) is 10.9. The summed E-state index contributed by atoms with van der Waals surface area (Å²) < 4.78 is 10.5. The summed E-state index contributed by atoms with van der Waals surface area (Å²) in [4.78, 5) is 0. The first-order valence-corrected chi connectivity index (χ1v) is 4.28. The topological polar surface area (TPSA) is 79.2 Å². The molecule has 0 aromatic rings. The van der Waals surface area contributed by atoms with Gasteiger partial charge in [0, 0.05) is 0 Å². The lowest BCUT2D eigenvalue weighted by atomic mass is 9.90. The van der Waals surface area contributed by atoms with Crippen molar-refractivity contribution in [2.24, 2.45) is 5.41 Å². The van der Waals surface area contributed by atoms with Crippen molar-refractivity contribution in [2.45, 2.75) is 19.3 Å². The van der Waals surface area contributed by atoms with Crippen LogP contribution in [0.4, 0.5) is 0 Å². The molecule has 0 bridgehead atoms. The Bertz CT molecular complexity index is 148. The first-order chi connectivity index (χ1) is 6.18. The van der Waals surface area contributed by atoms with Crippen molar-refractivity contribution in [3.8, 4) is 0 Å². The van der Waals surface area contributed by atoms with Crippen molar-refractivity contribution >= 4 is 0 Å². The van der Waals surface area contributed by atoms with E-state index < -0.39 is 11.7 Å². The van der Waals surface area contributed by atoms with Crippen LogP contribution in [0.25, 0.3) is 0 Å². The van der Waals surface area contributed by atoms with Gasteiger partial charge in [0.2, 0.25) is 0 Å². The van der Waals surface area contributed by atoms with Gasteiger partial charge in [0.25, 0.3) is 0 Å². The molecule has 0 saturated carbocycles. The number of aliphatic hydroxyl groups excluding tert-OH is 3. The predicted molar refractivity (Wildman–Crippen MR) is 44.0 cm³/mol. The highest BCUT2D eigenvalue weighted by Gasteiger charge is 2.43. The van der Waals surface area contributed by atoms with Crippen molar-refractivity contribution in [3.05, 3.63) is 0 Å². The van der Waals surface area contributed by atoms with Crippen LogP contribution in [0.5, 0.6) is 0 Å². The van der Waals surface area contributed by atoms with Gasteiger partial charge in [-0.25, -0.2) is 0 Å². The lowest BCUT2D eigenvalue weighted by Gasteiger charge is -2.31. The van der Waals surface area contributed by atoms with E-state index in [2.05, 4.69) is 0 Å². The van der Waals surface area contributed by atoms with Crippen LogP contribution >= 0.6 is 0 Å². The van der Waals surface area contributed by atoms with Crippen LogP contribution in [0.1, 0.15) is 6.92 Å². The second kappa shape index (κ2) is 4.34. The molecular weight excluding hydrogens is 176 g/mol. The van der Waals surface area contributed by atoms with E-state index in [9.17, 15) is 0 Å². The predicted octanol–water partition coefficient (Wildman–Crippen LogP) is -1.29. The summed E-state index contributed by atoms with van der Waals surface area (Å²) in [7, 11) is 0. The fourth-order valence-corrected chi connectivity index (χ4v) is 1.21. The molecule has 13 heavy (non-hydrogen) atoms. The van der Waals surface area contributed by atoms with Gasteiger partial charge in [0.15, 0.2) is 6.29 Å². The van der Waals surface area contributed by atoms with Gasteiger partial charge in [-0.2, -0.15) is 0 Å². The molecule has 1 saturated heterocycles. The zero-order valence-electron chi connectivity index (χ0n) is 7.64. The normalized spacial score (nSPS) is 29.5. The molecule has 0 radical (unpaired) electrons. The number of rotatable bonds is 4. The molecule has 1 heterocycles. The summed E-state index contributed by atoms with van der Waals surface area (Å²) in [5.74, 6) is 0. The molecule has 78 valence electrons. The Labute approximate surface area is 76.9 Å². The van der Waals surface area contributed by atoms with Gasteiger partial charge in [-0.1, -0.05) is 0 Å². The van der Waals surface area contributed by atoms with Crippen LogP contribution in [0.3, 0.4) is 0 Å². The number of hydrogen-bond donors (Lipinski definition) is 3. The van der Waals surface area contributed by atoms with E-state index in [4.69, 9.17) is 24.8 Å². The quantitative estimate of drug-likeness (QED) is 0.516. The standard InChI is InChI=1S/C8H16O5/c1-6-2-12-7(13-6)8(3-9,4-10)5-11/h6-7,9-11H,2-5H2,1H3. The molecule has 0 aliphatic carbocycles. The molecule has 0 aromatic carbocycles. The van der Waals surface area contributed by atoms with Crippen molar-refractivity contribution in [3.63, 3.8) is 0 Å². The Hall–Kier alpha value is -0.200. The lowest BCUT2D eigenvalue weighted by Crippen LogP contribution is -2.46. The second-order valence-electron chi connectivity index (χ2n) is 3.45. The summed E-state index contributed by atoms with van der Waals surface area (Å²) in [5.41, 5.74) is -1.09. The number of aliphatic hydroxyl groups is 3. The SMILES string of the molecule is CC1COC(C(CO)(CO)CO)O1. The Kier molecular flexibility index (Phi) is 3.63. The monoisotopic (exact) mass is 192 g/mol. The molecular formula is C8H16O5. The van der Waals surface area contributed by atoms with Gasteiger partial charge >= 0.3 is 0 Å². The maximum absolute atomic E-state index is 9.04. The zero-order chi connectivity index (χ0) is 9.90. The molecule has 0 amide bonds. The summed E-state index contributed by atoms with van der Waals surface area (Å²) >= 11 is 0. The largest absolute Gasteiger partial charge is 0.395 e. The highest BCUT2D eigenvalue weighted by molar-refractivity contribution is 4.84. The van der Waals surface area contributed by atoms with Crippen LogP contribution < -0.4 is 0 Å². The minimum Gasteiger partial charge on any atom is -0.395 e. The van der Waals surface area contributed by atoms with Crippen LogP contribution in [-0.4, -0.2) is 54.1 Å². The Morgan fingerprint density at radius 2 is 1.77 bits per heavy atom. The van der Waals surface area contributed by atoms with E-state index in [0.29, 0.717) is 6.61 Å². The van der Waals surface area contributed by atoms with Gasteiger partial charge in [-0.05, 0) is 6.92 Å². The Morgan fingerprint density at radius 3 is 2.08 bits per heavy atom. The average Bonchev–Trinajstić information content (AvgIpc) is 2.57. The molecule has 3 N–H and O–H groups in total. The Morgan fingerprint density at radius 1 is 1.23 bits per heavy atom. The third-order valence-corrected chi connectivity index (χ3v) is 2.28. The van der Waals surface area contributed by atoms with Crippen LogP contribution in [0, 0.1) is 5.41 Å². The molecule has 5 nitrogen and oxygen atoms in total. The molecule has 5 heteroatoms. The van der Waals surface area contributed by atoms with Gasteiger partial charge in [0.1, 0.15) is 0 Å². The molecule has 0 spiro atoms. The third-order valence-electron chi connectivity index (χ3n) is 2.28. The third kappa shape index (κ3) is 2.00. The molecule has 0 aromatic heterocycles. The zero-order valence-corrected chi connectivity index (χ0v) is 7.64. The fourth-order valence-electron chi connectivity index (χ4n) is 1.21. The van der Waals surface area contributed by atoms with E-state index in [-0.39, 0.29) is 25.9 Å². The van der Waals surface area contributed by atoms with E-state index in [1.54, 1.807) is 0 Å². The van der Waals surface area contributed by atoms with Gasteiger partial charge in [-0.3, -0.25) is 0 Å². The molecule has 2 unspecified atom stereocenters. The van der Waals surface area contributed by atoms with E-state index in [1.165, 1.54) is 0 Å². The summed E-state index contributed by atoms with van der Waals surface area (Å²) in [6, 6.07) is 0. The molecule has 1 rings (SSSR count). The van der Waals surface area contributed by atoms with E-state index >= 15 is 0 Å². The fraction of sp³-hybridized carbons (Fsp3) is 1.00. The molecule has 1 fully saturated rings. The maximum Gasteiger partial charge on any atom is 0.170 e. The molecule has 1 aliphatic rings. The van der Waals surface area contributed by atoms with E-state index in [0.717, 1.165) is 0 Å². The second-order valence-corrected chi connectivity index (χ2v) is 3.45. The van der Waals surface area contributed by atoms with Crippen LogP contribution in [0.2, 0.25) is 0 Å². The van der Waals surface area contributed by atoms with Gasteiger partial charge in [0.05, 0.1) is 37.9 Å². The number of hydrogen-bond acceptors (Lipinski definition) is 5. The molecule has 1 aliphatic heterocycles. The van der Waals surface area contributed by atoms with Crippen LogP contribution in [0.15, 0.2) is 0 Å². The van der Waals surface area contributed by atoms with Crippen molar-refractivity contribution in [1.82, 2.24) is 0 Å². The summed E-state index contributed by atoms with van der Waals surface area (Å²) in [5, 5.41) is 27.1. The average molecular weight is 192 g/mol. The summed E-state index contributed by atoms with van der Waals surface area (Å²) in [6.07, 6.45) is -0.781. The lowest BCUT2D eigenvalue weighted by molar-refractivity contribution is -0.186. The minimum absolute atomic E-state index is 0.0611. The Balaban J connectivity index is 2.64. The minimum atomic E-state index is -1.09. The maximum atomic E-state index is 9.04. The number of ether oxygens (including phenoxy) is 2. The van der Waals surface area contributed by atoms with Crippen molar-refractivity contribution < 1.29 is 24.8 Å². The van der Waals surface area contributed by atoms with Crippen LogP contribution in [-0.2, 0) is 9.47 Å². The summed E-state index contributed by atoms with van der Waals surface area (Å²) in [6.45, 7) is 1.16. The van der Waals surface area contributed by atoms with E-state index in [1.807, 2.05) is 6.92 Å². The van der Waals surface area contributed by atoms with Crippen molar-refractivity contribution in [1.29, 1.82) is 0 Å². The highest BCUT2D eigenvalue weighted by atomic mass is 16.7. The van der Waals surface area contributed by atoms with Crippen molar-refractivity contribution in [2.75, 3.05) is 26.4 Å². The smallest absolute Gasteiger partial charge is 0.170 e. The van der Waals surface area contributed by atoms with Gasteiger partial charge in [-0.15, -0.1) is 0 Å². The first-order valence-electron chi connectivity index (χ1n) is 4.28.